The van der Waals surface area contributed by atoms with Crippen LogP contribution in [-0.2, 0) is 0 Å². The maximum atomic E-state index is 9.40. The van der Waals surface area contributed by atoms with Crippen molar-refractivity contribution in [2.45, 2.75) is 6.92 Å². The van der Waals surface area contributed by atoms with Gasteiger partial charge in [0.25, 0.3) is 0 Å². The normalized spacial score (nSPS) is 10.4. The fourth-order valence-corrected chi connectivity index (χ4v) is 2.54. The van der Waals surface area contributed by atoms with E-state index in [9.17, 15) is 5.26 Å². The van der Waals surface area contributed by atoms with Crippen molar-refractivity contribution in [3.63, 3.8) is 0 Å². The summed E-state index contributed by atoms with van der Waals surface area (Å²) < 4.78 is 5.51. The van der Waals surface area contributed by atoms with Crippen LogP contribution in [0.2, 0.25) is 5.02 Å². The number of hydrogen-bond acceptors (Lipinski definition) is 5. The summed E-state index contributed by atoms with van der Waals surface area (Å²) >= 11 is 5.92. The third kappa shape index (κ3) is 3.05. The van der Waals surface area contributed by atoms with E-state index in [1.54, 1.807) is 24.3 Å². The first-order chi connectivity index (χ1) is 11.6. The highest BCUT2D eigenvalue weighted by molar-refractivity contribution is 6.30. The van der Waals surface area contributed by atoms with Gasteiger partial charge in [0.15, 0.2) is 0 Å². The molecule has 0 aliphatic rings. The second kappa shape index (κ2) is 6.65. The molecule has 0 bridgehead atoms. The molecule has 3 N–H and O–H groups in total. The van der Waals surface area contributed by atoms with Crippen molar-refractivity contribution < 1.29 is 4.74 Å². The summed E-state index contributed by atoms with van der Waals surface area (Å²) in [5, 5.41) is 14.1. The third-order valence-electron chi connectivity index (χ3n) is 3.53. The summed E-state index contributed by atoms with van der Waals surface area (Å²) in [6, 6.07) is 12.9. The lowest BCUT2D eigenvalue weighted by atomic mass is 10.1. The molecule has 0 radical (unpaired) electrons. The summed E-state index contributed by atoms with van der Waals surface area (Å²) in [4.78, 5) is 4.33. The fraction of sp³-hybridized carbons (Fsp3) is 0.111. The average molecular weight is 339 g/mol. The monoisotopic (exact) mass is 338 g/mol. The highest BCUT2D eigenvalue weighted by atomic mass is 35.5. The van der Waals surface area contributed by atoms with Crippen LogP contribution in [0.25, 0.3) is 10.9 Å². The van der Waals surface area contributed by atoms with Gasteiger partial charge in [0, 0.05) is 28.4 Å². The first-order valence-electron chi connectivity index (χ1n) is 7.40. The number of nitrogens with zero attached hydrogens (tertiary/aromatic N) is 2. The van der Waals surface area contributed by atoms with Gasteiger partial charge in [0.1, 0.15) is 11.8 Å². The Kier molecular flexibility index (Phi) is 4.41. The number of nitrogens with one attached hydrogen (secondary N) is 1. The lowest BCUT2D eigenvalue weighted by Crippen LogP contribution is -2.00. The number of ether oxygens (including phenoxy) is 1. The minimum Gasteiger partial charge on any atom is -0.492 e. The number of aromatic nitrogens is 1. The van der Waals surface area contributed by atoms with Crippen molar-refractivity contribution in [2.24, 2.45) is 0 Å². The lowest BCUT2D eigenvalue weighted by Gasteiger charge is -2.14. The Bertz CT molecular complexity index is 932. The first-order valence-corrected chi connectivity index (χ1v) is 7.78. The van der Waals surface area contributed by atoms with E-state index >= 15 is 0 Å². The summed E-state index contributed by atoms with van der Waals surface area (Å²) in [5.41, 5.74) is 9.16. The molecule has 0 aliphatic carbocycles. The Morgan fingerprint density at radius 3 is 2.71 bits per heavy atom. The summed E-state index contributed by atoms with van der Waals surface area (Å²) in [6.07, 6.45) is 1.53. The van der Waals surface area contributed by atoms with Crippen molar-refractivity contribution >= 4 is 39.6 Å². The topological polar surface area (TPSA) is 84.0 Å². The van der Waals surface area contributed by atoms with Crippen molar-refractivity contribution in [3.8, 4) is 11.8 Å². The molecule has 0 saturated heterocycles. The van der Waals surface area contributed by atoms with E-state index in [0.29, 0.717) is 39.8 Å². The van der Waals surface area contributed by atoms with Crippen LogP contribution in [0.3, 0.4) is 0 Å². The van der Waals surface area contributed by atoms with Crippen LogP contribution in [-0.4, -0.2) is 11.6 Å². The SMILES string of the molecule is CCOc1cc2ncc(C#N)c(Nc3ccc(Cl)cc3)c2cc1N. The molecule has 0 unspecified atom stereocenters. The smallest absolute Gasteiger partial charge is 0.144 e. The molecule has 3 rings (SSSR count). The van der Waals surface area contributed by atoms with E-state index in [2.05, 4.69) is 16.4 Å². The van der Waals surface area contributed by atoms with Crippen LogP contribution < -0.4 is 15.8 Å². The highest BCUT2D eigenvalue weighted by Crippen LogP contribution is 2.34. The van der Waals surface area contributed by atoms with Gasteiger partial charge in [-0.3, -0.25) is 4.98 Å². The molecule has 1 heterocycles. The van der Waals surface area contributed by atoms with Crippen molar-refractivity contribution in [2.75, 3.05) is 17.7 Å². The summed E-state index contributed by atoms with van der Waals surface area (Å²) in [5.74, 6) is 0.583. The fourth-order valence-electron chi connectivity index (χ4n) is 2.41. The molecule has 120 valence electrons. The van der Waals surface area contributed by atoms with E-state index in [4.69, 9.17) is 22.1 Å². The molecule has 2 aromatic carbocycles. The van der Waals surface area contributed by atoms with Gasteiger partial charge in [-0.15, -0.1) is 0 Å². The van der Waals surface area contributed by atoms with Crippen LogP contribution in [0.1, 0.15) is 12.5 Å². The largest absolute Gasteiger partial charge is 0.492 e. The Morgan fingerprint density at radius 2 is 2.04 bits per heavy atom. The Morgan fingerprint density at radius 1 is 1.29 bits per heavy atom. The molecule has 3 aromatic rings. The van der Waals surface area contributed by atoms with Crippen LogP contribution in [0.5, 0.6) is 5.75 Å². The number of halogens is 1. The minimum absolute atomic E-state index is 0.431. The lowest BCUT2D eigenvalue weighted by molar-refractivity contribution is 0.342. The van der Waals surface area contributed by atoms with Gasteiger partial charge in [-0.05, 0) is 37.3 Å². The van der Waals surface area contributed by atoms with Crippen LogP contribution in [0.15, 0.2) is 42.6 Å². The van der Waals surface area contributed by atoms with Gasteiger partial charge in [0.05, 0.1) is 29.1 Å². The number of pyridine rings is 1. The third-order valence-corrected chi connectivity index (χ3v) is 3.79. The van der Waals surface area contributed by atoms with Gasteiger partial charge in [-0.2, -0.15) is 5.26 Å². The highest BCUT2D eigenvalue weighted by Gasteiger charge is 2.12. The predicted molar refractivity (Wildman–Crippen MR) is 96.8 cm³/mol. The van der Waals surface area contributed by atoms with Gasteiger partial charge in [-0.25, -0.2) is 0 Å². The molecule has 0 aliphatic heterocycles. The molecule has 6 heteroatoms. The van der Waals surface area contributed by atoms with Crippen LogP contribution >= 0.6 is 11.6 Å². The zero-order valence-corrected chi connectivity index (χ0v) is 13.8. The zero-order valence-electron chi connectivity index (χ0n) is 13.0. The zero-order chi connectivity index (χ0) is 17.1. The van der Waals surface area contributed by atoms with Crippen LogP contribution in [0, 0.1) is 11.3 Å². The number of nitriles is 1. The van der Waals surface area contributed by atoms with Crippen molar-refractivity contribution in [1.29, 1.82) is 5.26 Å². The number of anilines is 3. The van der Waals surface area contributed by atoms with Gasteiger partial charge < -0.3 is 15.8 Å². The molecule has 1 aromatic heterocycles. The van der Waals surface area contributed by atoms with E-state index in [1.165, 1.54) is 6.20 Å². The predicted octanol–water partition coefficient (Wildman–Crippen LogP) is 4.48. The van der Waals surface area contributed by atoms with E-state index in [-0.39, 0.29) is 0 Å². The Hall–Kier alpha value is -2.97. The summed E-state index contributed by atoms with van der Waals surface area (Å²) in [7, 11) is 0. The van der Waals surface area contributed by atoms with Crippen LogP contribution in [0.4, 0.5) is 17.1 Å². The quantitative estimate of drug-likeness (QED) is 0.685. The Balaban J connectivity index is 2.15. The van der Waals surface area contributed by atoms with E-state index in [1.807, 2.05) is 19.1 Å². The number of rotatable bonds is 4. The number of nitrogens with two attached hydrogens (primary N) is 1. The molecule has 0 atom stereocenters. The van der Waals surface area contributed by atoms with Crippen molar-refractivity contribution in [3.05, 3.63) is 53.2 Å². The molecule has 24 heavy (non-hydrogen) atoms. The number of benzene rings is 2. The second-order valence-electron chi connectivity index (χ2n) is 5.13. The number of nitrogen functional groups attached to an aromatic ring is 1. The molecular formula is C18H15ClN4O. The molecule has 0 fully saturated rings. The molecule has 0 saturated carbocycles. The molecular weight excluding hydrogens is 324 g/mol. The van der Waals surface area contributed by atoms with Gasteiger partial charge in [0.2, 0.25) is 0 Å². The number of fused-ring (bicyclic) bond motifs is 1. The van der Waals surface area contributed by atoms with Gasteiger partial charge >= 0.3 is 0 Å². The van der Waals surface area contributed by atoms with Gasteiger partial charge in [-0.1, -0.05) is 11.6 Å². The van der Waals surface area contributed by atoms with E-state index < -0.39 is 0 Å². The second-order valence-corrected chi connectivity index (χ2v) is 5.57. The molecule has 0 amide bonds. The summed E-state index contributed by atoms with van der Waals surface area (Å²) in [6.45, 7) is 2.41. The Labute approximate surface area is 144 Å². The molecule has 0 spiro atoms. The van der Waals surface area contributed by atoms with E-state index in [0.717, 1.165) is 11.1 Å². The first kappa shape index (κ1) is 15.9. The molecule has 5 nitrogen and oxygen atoms in total. The standard InChI is InChI=1S/C18H15ClN4O/c1-2-24-17-8-16-14(7-15(17)21)18(11(9-20)10-22-16)23-13-5-3-12(19)4-6-13/h3-8,10H,2,21H2,1H3,(H,22,23). The maximum absolute atomic E-state index is 9.40. The minimum atomic E-state index is 0.431. The van der Waals surface area contributed by atoms with Crippen molar-refractivity contribution in [1.82, 2.24) is 4.98 Å². The maximum Gasteiger partial charge on any atom is 0.144 e. The average Bonchev–Trinajstić information content (AvgIpc) is 2.58. The number of hydrogen-bond donors (Lipinski definition) is 2.